The smallest absolute Gasteiger partial charge is 0.342 e. The van der Waals surface area contributed by atoms with Crippen LogP contribution in [0.1, 0.15) is 64.5 Å². The number of hydrogen-bond acceptors (Lipinski definition) is 4. The number of carbonyl (C=O) groups is 2. The Bertz CT molecular complexity index is 869. The number of benzene rings is 1. The Morgan fingerprint density at radius 1 is 1.29 bits per heavy atom. The summed E-state index contributed by atoms with van der Waals surface area (Å²) in [4.78, 5) is 24.2. The number of nitrogens with one attached hydrogen (secondary N) is 2. The van der Waals surface area contributed by atoms with Crippen LogP contribution in [0.5, 0.6) is 5.75 Å². The third kappa shape index (κ3) is 4.35. The van der Waals surface area contributed by atoms with E-state index in [9.17, 15) is 14.7 Å². The molecule has 1 aliphatic rings. The van der Waals surface area contributed by atoms with Gasteiger partial charge in [-0.05, 0) is 50.5 Å². The monoisotopic (exact) mass is 384 g/mol. The highest BCUT2D eigenvalue weighted by Crippen LogP contribution is 2.38. The van der Waals surface area contributed by atoms with Gasteiger partial charge in [-0.1, -0.05) is 19.8 Å². The van der Waals surface area contributed by atoms with Gasteiger partial charge in [0, 0.05) is 30.1 Å². The van der Waals surface area contributed by atoms with E-state index >= 15 is 0 Å². The molecule has 3 rings (SSSR count). The Hall–Kier alpha value is -2.83. The minimum atomic E-state index is -0.250. The first-order chi connectivity index (χ1) is 13.4. The fourth-order valence-electron chi connectivity index (χ4n) is 3.60. The standard InChI is InChI=1S/C21H28N4O3/c1-4-13(2)22-21(28)25-19(15-7-5-6-8-15)12-18(24-25)17-11-16(23-14(3)26)9-10-20(17)27/h9-13,15,27H,4-8H2,1-3H3,(H,22,28)(H,23,26). The van der Waals surface area contributed by atoms with Gasteiger partial charge in [-0.15, -0.1) is 0 Å². The minimum Gasteiger partial charge on any atom is -0.507 e. The molecule has 150 valence electrons. The molecule has 0 spiro atoms. The summed E-state index contributed by atoms with van der Waals surface area (Å²) in [5, 5.41) is 20.6. The molecule has 1 atom stereocenters. The van der Waals surface area contributed by atoms with Gasteiger partial charge in [-0.2, -0.15) is 9.78 Å². The molecule has 1 unspecified atom stereocenters. The Kier molecular flexibility index (Phi) is 6.02. The summed E-state index contributed by atoms with van der Waals surface area (Å²) in [7, 11) is 0. The molecule has 1 aromatic carbocycles. The van der Waals surface area contributed by atoms with E-state index in [0.717, 1.165) is 37.8 Å². The van der Waals surface area contributed by atoms with Crippen LogP contribution in [-0.2, 0) is 4.79 Å². The predicted octanol–water partition coefficient (Wildman–Crippen LogP) is 4.23. The lowest BCUT2D eigenvalue weighted by atomic mass is 10.0. The maximum Gasteiger partial charge on any atom is 0.342 e. The molecule has 1 fully saturated rings. The Labute approximate surface area is 165 Å². The van der Waals surface area contributed by atoms with E-state index in [-0.39, 0.29) is 29.6 Å². The van der Waals surface area contributed by atoms with Gasteiger partial charge in [-0.3, -0.25) is 4.79 Å². The molecule has 0 bridgehead atoms. The van der Waals surface area contributed by atoms with Gasteiger partial charge in [0.25, 0.3) is 0 Å². The maximum atomic E-state index is 12.8. The van der Waals surface area contributed by atoms with Crippen LogP contribution >= 0.6 is 0 Å². The summed E-state index contributed by atoms with van der Waals surface area (Å²) in [6.45, 7) is 5.40. The molecule has 28 heavy (non-hydrogen) atoms. The second-order valence-corrected chi connectivity index (χ2v) is 7.52. The second-order valence-electron chi connectivity index (χ2n) is 7.52. The van der Waals surface area contributed by atoms with Gasteiger partial charge in [0.2, 0.25) is 5.91 Å². The van der Waals surface area contributed by atoms with Crippen molar-refractivity contribution in [3.63, 3.8) is 0 Å². The first-order valence-corrected chi connectivity index (χ1v) is 9.90. The lowest BCUT2D eigenvalue weighted by Crippen LogP contribution is -2.37. The topological polar surface area (TPSA) is 96.3 Å². The van der Waals surface area contributed by atoms with Gasteiger partial charge in [0.05, 0.1) is 11.4 Å². The number of anilines is 1. The minimum absolute atomic E-state index is 0.0491. The van der Waals surface area contributed by atoms with Crippen LogP contribution in [0.4, 0.5) is 10.5 Å². The molecule has 0 aliphatic heterocycles. The molecule has 7 nitrogen and oxygen atoms in total. The van der Waals surface area contributed by atoms with E-state index in [1.54, 1.807) is 12.1 Å². The number of hydrogen-bond donors (Lipinski definition) is 3. The van der Waals surface area contributed by atoms with Crippen LogP contribution < -0.4 is 10.6 Å². The summed E-state index contributed by atoms with van der Waals surface area (Å²) in [5.74, 6) is 0.144. The van der Waals surface area contributed by atoms with Crippen molar-refractivity contribution in [1.29, 1.82) is 0 Å². The van der Waals surface area contributed by atoms with Gasteiger partial charge in [0.15, 0.2) is 0 Å². The van der Waals surface area contributed by atoms with Crippen molar-refractivity contribution < 1.29 is 14.7 Å². The lowest BCUT2D eigenvalue weighted by Gasteiger charge is -2.15. The van der Waals surface area contributed by atoms with Crippen molar-refractivity contribution in [2.45, 2.75) is 64.8 Å². The summed E-state index contributed by atoms with van der Waals surface area (Å²) < 4.78 is 1.45. The van der Waals surface area contributed by atoms with Crippen LogP contribution in [0, 0.1) is 0 Å². The number of phenols is 1. The van der Waals surface area contributed by atoms with E-state index < -0.39 is 0 Å². The van der Waals surface area contributed by atoms with Gasteiger partial charge < -0.3 is 15.7 Å². The molecule has 0 saturated heterocycles. The van der Waals surface area contributed by atoms with Gasteiger partial charge in [0.1, 0.15) is 5.75 Å². The summed E-state index contributed by atoms with van der Waals surface area (Å²) >= 11 is 0. The summed E-state index contributed by atoms with van der Waals surface area (Å²) in [6, 6.07) is 6.51. The van der Waals surface area contributed by atoms with E-state index in [4.69, 9.17) is 0 Å². The highest BCUT2D eigenvalue weighted by Gasteiger charge is 2.26. The first-order valence-electron chi connectivity index (χ1n) is 9.90. The first kappa shape index (κ1) is 19.9. The number of carbonyl (C=O) groups excluding carboxylic acids is 2. The average Bonchev–Trinajstić information content (AvgIpc) is 3.32. The van der Waals surface area contributed by atoms with Crippen molar-refractivity contribution in [3.8, 4) is 17.0 Å². The maximum absolute atomic E-state index is 12.8. The molecule has 1 saturated carbocycles. The largest absolute Gasteiger partial charge is 0.507 e. The Morgan fingerprint density at radius 3 is 2.64 bits per heavy atom. The van der Waals surface area contributed by atoms with Crippen LogP contribution in [0.2, 0.25) is 0 Å². The quantitative estimate of drug-likeness (QED) is 0.672. The van der Waals surface area contributed by atoms with Crippen LogP contribution in [0.25, 0.3) is 11.3 Å². The SMILES string of the molecule is CCC(C)NC(=O)n1nc(-c2cc(NC(C)=O)ccc2O)cc1C1CCCC1. The van der Waals surface area contributed by atoms with Gasteiger partial charge >= 0.3 is 6.03 Å². The van der Waals surface area contributed by atoms with E-state index in [0.29, 0.717) is 16.9 Å². The van der Waals surface area contributed by atoms with Crippen molar-refractivity contribution in [3.05, 3.63) is 30.0 Å². The van der Waals surface area contributed by atoms with Crippen molar-refractivity contribution in [1.82, 2.24) is 15.1 Å². The normalized spacial score (nSPS) is 15.4. The number of phenolic OH excluding ortho intramolecular Hbond substituents is 1. The molecule has 0 radical (unpaired) electrons. The highest BCUT2D eigenvalue weighted by molar-refractivity contribution is 5.90. The zero-order valence-electron chi connectivity index (χ0n) is 16.7. The Balaban J connectivity index is 2.01. The third-order valence-electron chi connectivity index (χ3n) is 5.28. The van der Waals surface area contributed by atoms with E-state index in [2.05, 4.69) is 15.7 Å². The Morgan fingerprint density at radius 2 is 2.00 bits per heavy atom. The molecule has 1 aromatic heterocycles. The van der Waals surface area contributed by atoms with Crippen molar-refractivity contribution >= 4 is 17.6 Å². The average molecular weight is 384 g/mol. The zero-order valence-corrected chi connectivity index (χ0v) is 16.7. The van der Waals surface area contributed by atoms with E-state index in [1.165, 1.54) is 17.7 Å². The molecular formula is C21H28N4O3. The summed E-state index contributed by atoms with van der Waals surface area (Å²) in [6.07, 6.45) is 5.17. The van der Waals surface area contributed by atoms with Gasteiger partial charge in [-0.25, -0.2) is 4.79 Å². The summed E-state index contributed by atoms with van der Waals surface area (Å²) in [5.41, 5.74) is 2.45. The third-order valence-corrected chi connectivity index (χ3v) is 5.28. The van der Waals surface area contributed by atoms with Crippen LogP contribution in [0.15, 0.2) is 24.3 Å². The zero-order chi connectivity index (χ0) is 20.3. The fraction of sp³-hybridized carbons (Fsp3) is 0.476. The van der Waals surface area contributed by atoms with Crippen molar-refractivity contribution in [2.24, 2.45) is 0 Å². The highest BCUT2D eigenvalue weighted by atomic mass is 16.3. The number of amides is 2. The van der Waals surface area contributed by atoms with E-state index in [1.807, 2.05) is 19.9 Å². The lowest BCUT2D eigenvalue weighted by molar-refractivity contribution is -0.114. The van der Waals surface area contributed by atoms with Crippen molar-refractivity contribution in [2.75, 3.05) is 5.32 Å². The second kappa shape index (κ2) is 8.46. The molecule has 7 heteroatoms. The molecular weight excluding hydrogens is 356 g/mol. The number of rotatable bonds is 5. The number of nitrogens with zero attached hydrogens (tertiary/aromatic N) is 2. The number of aromatic hydroxyl groups is 1. The molecule has 1 heterocycles. The molecule has 2 aromatic rings. The molecule has 3 N–H and O–H groups in total. The molecule has 1 aliphatic carbocycles. The van der Waals surface area contributed by atoms with Crippen LogP contribution in [0.3, 0.4) is 0 Å². The predicted molar refractivity (Wildman–Crippen MR) is 109 cm³/mol. The molecule has 2 amide bonds. The fourth-order valence-corrected chi connectivity index (χ4v) is 3.60. The van der Waals surface area contributed by atoms with Crippen LogP contribution in [-0.4, -0.2) is 32.9 Å². The number of aromatic nitrogens is 2.